The lowest BCUT2D eigenvalue weighted by Crippen LogP contribution is -2.17. The Balaban J connectivity index is 2.68. The van der Waals surface area contributed by atoms with Gasteiger partial charge in [-0.1, -0.05) is 6.07 Å². The zero-order chi connectivity index (χ0) is 11.8. The van der Waals surface area contributed by atoms with Crippen molar-refractivity contribution in [3.05, 3.63) is 23.8 Å². The van der Waals surface area contributed by atoms with Crippen molar-refractivity contribution in [1.82, 2.24) is 5.32 Å². The van der Waals surface area contributed by atoms with Crippen LogP contribution in [0.1, 0.15) is 12.5 Å². The Kier molecular flexibility index (Phi) is 5.67. The fraction of sp³-hybridized carbons (Fsp3) is 0.500. The van der Waals surface area contributed by atoms with Gasteiger partial charge in [0.1, 0.15) is 0 Å². The van der Waals surface area contributed by atoms with Crippen molar-refractivity contribution in [3.8, 4) is 11.5 Å². The summed E-state index contributed by atoms with van der Waals surface area (Å²) in [6.07, 6.45) is 0. The van der Waals surface area contributed by atoms with Crippen molar-refractivity contribution in [2.75, 3.05) is 26.9 Å². The van der Waals surface area contributed by atoms with Crippen LogP contribution in [0.25, 0.3) is 0 Å². The number of ether oxygens (including phenoxy) is 2. The highest BCUT2D eigenvalue weighted by molar-refractivity contribution is 5.42. The molecule has 0 aliphatic carbocycles. The quantitative estimate of drug-likeness (QED) is 0.684. The van der Waals surface area contributed by atoms with Crippen molar-refractivity contribution in [1.29, 1.82) is 0 Å². The zero-order valence-electron chi connectivity index (χ0n) is 9.82. The summed E-state index contributed by atoms with van der Waals surface area (Å²) in [6.45, 7) is 4.01. The third-order valence-corrected chi connectivity index (χ3v) is 2.15. The van der Waals surface area contributed by atoms with Crippen LogP contribution >= 0.6 is 0 Å². The van der Waals surface area contributed by atoms with Gasteiger partial charge in [0.2, 0.25) is 0 Å². The van der Waals surface area contributed by atoms with E-state index in [0.29, 0.717) is 19.7 Å². The number of hydrogen-bond acceptors (Lipinski definition) is 4. The lowest BCUT2D eigenvalue weighted by atomic mass is 10.2. The minimum Gasteiger partial charge on any atom is -0.493 e. The zero-order valence-corrected chi connectivity index (χ0v) is 9.82. The molecule has 16 heavy (non-hydrogen) atoms. The van der Waals surface area contributed by atoms with Crippen molar-refractivity contribution in [2.24, 2.45) is 0 Å². The molecule has 4 nitrogen and oxygen atoms in total. The van der Waals surface area contributed by atoms with Gasteiger partial charge in [-0.15, -0.1) is 0 Å². The Hall–Kier alpha value is -1.26. The molecule has 1 aromatic carbocycles. The molecule has 0 aromatic heterocycles. The SMILES string of the molecule is CCOc1cc(CNCCO)ccc1OC. The number of benzene rings is 1. The number of aliphatic hydroxyl groups is 1. The van der Waals surface area contributed by atoms with E-state index in [1.165, 1.54) is 0 Å². The summed E-state index contributed by atoms with van der Waals surface area (Å²) in [7, 11) is 1.63. The predicted molar refractivity (Wildman–Crippen MR) is 63.0 cm³/mol. The minimum absolute atomic E-state index is 0.147. The van der Waals surface area contributed by atoms with Gasteiger partial charge in [0.25, 0.3) is 0 Å². The summed E-state index contributed by atoms with van der Waals surface area (Å²) in [4.78, 5) is 0. The van der Waals surface area contributed by atoms with Gasteiger partial charge in [-0.3, -0.25) is 0 Å². The largest absolute Gasteiger partial charge is 0.493 e. The van der Waals surface area contributed by atoms with Gasteiger partial charge < -0.3 is 19.9 Å². The summed E-state index contributed by atoms with van der Waals surface area (Å²) in [5, 5.41) is 11.8. The maximum atomic E-state index is 8.66. The average molecular weight is 225 g/mol. The second-order valence-corrected chi connectivity index (χ2v) is 3.32. The molecule has 0 saturated carbocycles. The van der Waals surface area contributed by atoms with E-state index < -0.39 is 0 Å². The second-order valence-electron chi connectivity index (χ2n) is 3.32. The fourth-order valence-electron chi connectivity index (χ4n) is 1.41. The first-order valence-electron chi connectivity index (χ1n) is 5.43. The molecule has 0 radical (unpaired) electrons. The van der Waals surface area contributed by atoms with Crippen LogP contribution in [0.2, 0.25) is 0 Å². The lowest BCUT2D eigenvalue weighted by Gasteiger charge is -2.11. The molecule has 0 atom stereocenters. The molecule has 0 spiro atoms. The van der Waals surface area contributed by atoms with E-state index in [4.69, 9.17) is 14.6 Å². The van der Waals surface area contributed by atoms with Crippen LogP contribution in [0.5, 0.6) is 11.5 Å². The fourth-order valence-corrected chi connectivity index (χ4v) is 1.41. The van der Waals surface area contributed by atoms with Crippen molar-refractivity contribution >= 4 is 0 Å². The minimum atomic E-state index is 0.147. The van der Waals surface area contributed by atoms with Crippen LogP contribution in [0, 0.1) is 0 Å². The third-order valence-electron chi connectivity index (χ3n) is 2.15. The molecule has 0 saturated heterocycles. The van der Waals surface area contributed by atoms with Gasteiger partial charge in [-0.05, 0) is 24.6 Å². The van der Waals surface area contributed by atoms with Crippen LogP contribution in [0.4, 0.5) is 0 Å². The Bertz CT molecular complexity index is 315. The van der Waals surface area contributed by atoms with E-state index in [1.54, 1.807) is 7.11 Å². The van der Waals surface area contributed by atoms with E-state index in [9.17, 15) is 0 Å². The molecule has 2 N–H and O–H groups in total. The molecule has 1 rings (SSSR count). The molecule has 4 heteroatoms. The van der Waals surface area contributed by atoms with E-state index in [2.05, 4.69) is 5.32 Å². The Morgan fingerprint density at radius 3 is 2.75 bits per heavy atom. The molecule has 0 aliphatic rings. The maximum Gasteiger partial charge on any atom is 0.161 e. The van der Waals surface area contributed by atoms with E-state index in [1.807, 2.05) is 25.1 Å². The Labute approximate surface area is 96.2 Å². The molecule has 0 amide bonds. The first-order valence-corrected chi connectivity index (χ1v) is 5.43. The number of aliphatic hydroxyl groups excluding tert-OH is 1. The van der Waals surface area contributed by atoms with Gasteiger partial charge in [0.05, 0.1) is 20.3 Å². The summed E-state index contributed by atoms with van der Waals surface area (Å²) < 4.78 is 10.7. The van der Waals surface area contributed by atoms with Crippen LogP contribution in [-0.4, -0.2) is 32.0 Å². The number of rotatable bonds is 7. The normalized spacial score (nSPS) is 10.2. The van der Waals surface area contributed by atoms with Crippen LogP contribution in [0.3, 0.4) is 0 Å². The van der Waals surface area contributed by atoms with E-state index >= 15 is 0 Å². The average Bonchev–Trinajstić information content (AvgIpc) is 2.30. The van der Waals surface area contributed by atoms with Crippen molar-refractivity contribution < 1.29 is 14.6 Å². The summed E-state index contributed by atoms with van der Waals surface area (Å²) >= 11 is 0. The van der Waals surface area contributed by atoms with Crippen LogP contribution in [0.15, 0.2) is 18.2 Å². The highest BCUT2D eigenvalue weighted by atomic mass is 16.5. The molecule has 90 valence electrons. The first-order chi connectivity index (χ1) is 7.81. The van der Waals surface area contributed by atoms with Crippen LogP contribution < -0.4 is 14.8 Å². The molecule has 0 fully saturated rings. The highest BCUT2D eigenvalue weighted by Crippen LogP contribution is 2.27. The third kappa shape index (κ3) is 3.72. The Morgan fingerprint density at radius 1 is 1.31 bits per heavy atom. The topological polar surface area (TPSA) is 50.7 Å². The number of nitrogens with one attached hydrogen (secondary N) is 1. The summed E-state index contributed by atoms with van der Waals surface area (Å²) in [5.74, 6) is 1.50. The predicted octanol–water partition coefficient (Wildman–Crippen LogP) is 1.18. The molecular formula is C12H19NO3. The molecule has 0 aliphatic heterocycles. The Morgan fingerprint density at radius 2 is 2.12 bits per heavy atom. The first kappa shape index (κ1) is 12.8. The summed E-state index contributed by atoms with van der Waals surface area (Å²) in [6, 6.07) is 5.82. The van der Waals surface area contributed by atoms with Gasteiger partial charge in [-0.2, -0.15) is 0 Å². The van der Waals surface area contributed by atoms with E-state index in [-0.39, 0.29) is 6.61 Å². The second kappa shape index (κ2) is 7.09. The number of hydrogen-bond donors (Lipinski definition) is 2. The van der Waals surface area contributed by atoms with Crippen LogP contribution in [-0.2, 0) is 6.54 Å². The van der Waals surface area contributed by atoms with Gasteiger partial charge >= 0.3 is 0 Å². The molecule has 0 unspecified atom stereocenters. The summed E-state index contributed by atoms with van der Waals surface area (Å²) in [5.41, 5.74) is 1.11. The van der Waals surface area contributed by atoms with Gasteiger partial charge in [-0.25, -0.2) is 0 Å². The van der Waals surface area contributed by atoms with E-state index in [0.717, 1.165) is 17.1 Å². The molecule has 1 aromatic rings. The standard InChI is InChI=1S/C12H19NO3/c1-3-16-12-8-10(9-13-6-7-14)4-5-11(12)15-2/h4-5,8,13-14H,3,6-7,9H2,1-2H3. The molecule has 0 heterocycles. The van der Waals surface area contributed by atoms with Crippen molar-refractivity contribution in [3.63, 3.8) is 0 Å². The lowest BCUT2D eigenvalue weighted by molar-refractivity contribution is 0.291. The number of methoxy groups -OCH3 is 1. The van der Waals surface area contributed by atoms with Gasteiger partial charge in [0.15, 0.2) is 11.5 Å². The molecule has 0 bridgehead atoms. The maximum absolute atomic E-state index is 8.66. The monoisotopic (exact) mass is 225 g/mol. The van der Waals surface area contributed by atoms with Gasteiger partial charge in [0, 0.05) is 13.1 Å². The molecular weight excluding hydrogens is 206 g/mol. The smallest absolute Gasteiger partial charge is 0.161 e. The highest BCUT2D eigenvalue weighted by Gasteiger charge is 2.04. The van der Waals surface area contributed by atoms with Crippen molar-refractivity contribution in [2.45, 2.75) is 13.5 Å².